The largest absolute Gasteiger partial charge is 0.340 e. The van der Waals surface area contributed by atoms with Crippen LogP contribution >= 0.6 is 0 Å². The molecular weight excluding hydrogens is 374 g/mol. The molecule has 5 nitrogen and oxygen atoms in total. The molecule has 0 unspecified atom stereocenters. The number of amides is 1. The van der Waals surface area contributed by atoms with Crippen molar-refractivity contribution in [3.8, 4) is 0 Å². The van der Waals surface area contributed by atoms with E-state index in [9.17, 15) is 9.59 Å². The number of Topliss-reactive ketones (excluding diaryl/α,β-unsaturated/α-hetero) is 1. The molecule has 2 aliphatic carbocycles. The quantitative estimate of drug-likeness (QED) is 0.645. The van der Waals surface area contributed by atoms with Crippen LogP contribution in [0.4, 0.5) is 0 Å². The number of ketones is 1. The van der Waals surface area contributed by atoms with E-state index in [0.717, 1.165) is 23.9 Å². The Kier molecular flexibility index (Phi) is 4.14. The Labute approximate surface area is 176 Å². The third-order valence-corrected chi connectivity index (χ3v) is 7.83. The minimum absolute atomic E-state index is 0.0238. The summed E-state index contributed by atoms with van der Waals surface area (Å²) in [5.74, 6) is -0.0338. The van der Waals surface area contributed by atoms with E-state index < -0.39 is 0 Å². The predicted molar refractivity (Wildman–Crippen MR) is 119 cm³/mol. The van der Waals surface area contributed by atoms with Crippen molar-refractivity contribution in [3.63, 3.8) is 0 Å². The Morgan fingerprint density at radius 1 is 1.07 bits per heavy atom. The topological polar surface area (TPSA) is 63.5 Å². The van der Waals surface area contributed by atoms with Crippen LogP contribution in [0.5, 0.6) is 0 Å². The van der Waals surface area contributed by atoms with Crippen molar-refractivity contribution in [2.75, 3.05) is 0 Å². The molecule has 0 aliphatic heterocycles. The Morgan fingerprint density at radius 3 is 2.23 bits per heavy atom. The molecule has 2 saturated carbocycles. The summed E-state index contributed by atoms with van der Waals surface area (Å²) in [5, 5.41) is 6.72. The van der Waals surface area contributed by atoms with Gasteiger partial charge >= 0.3 is 0 Å². The zero-order valence-electron chi connectivity index (χ0n) is 17.7. The van der Waals surface area contributed by atoms with Gasteiger partial charge < -0.3 is 4.57 Å². The Morgan fingerprint density at radius 2 is 1.67 bits per heavy atom. The SMILES string of the molecule is CC1(C)[C@@H]2CC[C@@]1(C)/C(=N/NC(=O)CCn1c3ccccc3c3ccccc31)C2=O. The Balaban J connectivity index is 1.35. The van der Waals surface area contributed by atoms with Crippen molar-refractivity contribution in [1.29, 1.82) is 0 Å². The van der Waals surface area contributed by atoms with E-state index in [-0.39, 0.29) is 28.4 Å². The van der Waals surface area contributed by atoms with E-state index in [1.165, 1.54) is 10.8 Å². The second-order valence-electron chi connectivity index (χ2n) is 9.44. The molecule has 2 bridgehead atoms. The van der Waals surface area contributed by atoms with Crippen LogP contribution in [-0.2, 0) is 16.1 Å². The maximum atomic E-state index is 12.8. The molecule has 0 spiro atoms. The molecule has 5 heteroatoms. The van der Waals surface area contributed by atoms with E-state index in [0.29, 0.717) is 18.7 Å². The van der Waals surface area contributed by atoms with E-state index in [4.69, 9.17) is 0 Å². The molecule has 3 aromatic rings. The van der Waals surface area contributed by atoms with Crippen LogP contribution in [-0.4, -0.2) is 22.0 Å². The first kappa shape index (κ1) is 19.0. The lowest BCUT2D eigenvalue weighted by molar-refractivity contribution is -0.121. The molecular formula is C25H27N3O2. The van der Waals surface area contributed by atoms with Gasteiger partial charge in [0, 0.05) is 46.1 Å². The minimum atomic E-state index is -0.255. The van der Waals surface area contributed by atoms with Gasteiger partial charge in [-0.05, 0) is 30.4 Å². The molecule has 1 aromatic heterocycles. The summed E-state index contributed by atoms with van der Waals surface area (Å²) in [7, 11) is 0. The summed E-state index contributed by atoms with van der Waals surface area (Å²) in [6.45, 7) is 6.97. The molecule has 2 aliphatic rings. The van der Waals surface area contributed by atoms with Gasteiger partial charge in [0.05, 0.1) is 0 Å². The van der Waals surface area contributed by atoms with Gasteiger partial charge in [-0.25, -0.2) is 5.43 Å². The lowest BCUT2D eigenvalue weighted by Gasteiger charge is -2.33. The molecule has 1 heterocycles. The molecule has 1 amide bonds. The summed E-state index contributed by atoms with van der Waals surface area (Å²) < 4.78 is 2.19. The fourth-order valence-electron chi connectivity index (χ4n) is 5.63. The number of nitrogens with one attached hydrogen (secondary N) is 1. The molecule has 30 heavy (non-hydrogen) atoms. The van der Waals surface area contributed by atoms with Crippen molar-refractivity contribution < 1.29 is 9.59 Å². The van der Waals surface area contributed by atoms with Crippen LogP contribution in [0.15, 0.2) is 53.6 Å². The number of rotatable bonds is 4. The second-order valence-corrected chi connectivity index (χ2v) is 9.44. The number of para-hydroxylation sites is 2. The van der Waals surface area contributed by atoms with Gasteiger partial charge in [0.25, 0.3) is 0 Å². The zero-order chi connectivity index (χ0) is 21.1. The summed E-state index contributed by atoms with van der Waals surface area (Å²) in [5.41, 5.74) is 5.11. The fourth-order valence-corrected chi connectivity index (χ4v) is 5.63. The first-order valence-corrected chi connectivity index (χ1v) is 10.7. The molecule has 2 atom stereocenters. The maximum absolute atomic E-state index is 12.8. The molecule has 0 radical (unpaired) electrons. The standard InChI is InChI=1S/C25H27N3O2/c1-24(2)18-12-14-25(24,3)23(22(18)30)27-26-21(29)13-15-28-19-10-6-4-8-16(19)17-9-5-7-11-20(17)28/h4-11,18H,12-15H2,1-3H3,(H,26,29)/b27-23+/t18-,25+/m1/s1. The number of benzene rings is 2. The van der Waals surface area contributed by atoms with Gasteiger partial charge in [-0.2, -0.15) is 5.10 Å². The second kappa shape index (κ2) is 6.53. The van der Waals surface area contributed by atoms with E-state index in [1.54, 1.807) is 0 Å². The molecule has 1 N–H and O–H groups in total. The highest BCUT2D eigenvalue weighted by Gasteiger charge is 2.65. The van der Waals surface area contributed by atoms with Crippen molar-refractivity contribution >= 4 is 39.2 Å². The van der Waals surface area contributed by atoms with Crippen molar-refractivity contribution in [1.82, 2.24) is 9.99 Å². The summed E-state index contributed by atoms with van der Waals surface area (Å²) in [6, 6.07) is 16.5. The smallest absolute Gasteiger partial charge is 0.241 e. The highest BCUT2D eigenvalue weighted by atomic mass is 16.2. The number of hydrogen-bond donors (Lipinski definition) is 1. The number of hydrogen-bond acceptors (Lipinski definition) is 3. The highest BCUT2D eigenvalue weighted by Crippen LogP contribution is 2.62. The predicted octanol–water partition coefficient (Wildman–Crippen LogP) is 4.68. The lowest BCUT2D eigenvalue weighted by Crippen LogP contribution is -2.36. The number of carbonyl (C=O) groups is 2. The molecule has 154 valence electrons. The van der Waals surface area contributed by atoms with Crippen LogP contribution in [0.25, 0.3) is 21.8 Å². The number of aromatic nitrogens is 1. The monoisotopic (exact) mass is 401 g/mol. The van der Waals surface area contributed by atoms with E-state index >= 15 is 0 Å². The third kappa shape index (κ3) is 2.51. The number of carbonyl (C=O) groups excluding carboxylic acids is 2. The maximum Gasteiger partial charge on any atom is 0.241 e. The van der Waals surface area contributed by atoms with Crippen LogP contribution < -0.4 is 5.43 Å². The number of fused-ring (bicyclic) bond motifs is 5. The van der Waals surface area contributed by atoms with E-state index in [1.807, 2.05) is 24.3 Å². The van der Waals surface area contributed by atoms with Crippen molar-refractivity contribution in [3.05, 3.63) is 48.5 Å². The van der Waals surface area contributed by atoms with Gasteiger partial charge in [0.1, 0.15) is 5.71 Å². The Hall–Kier alpha value is -2.95. The molecule has 2 fully saturated rings. The molecule has 0 saturated heterocycles. The van der Waals surface area contributed by atoms with Gasteiger partial charge in [-0.1, -0.05) is 57.2 Å². The van der Waals surface area contributed by atoms with Crippen LogP contribution in [0.2, 0.25) is 0 Å². The fraction of sp³-hybridized carbons (Fsp3) is 0.400. The number of hydrazone groups is 1. The minimum Gasteiger partial charge on any atom is -0.340 e. The van der Waals surface area contributed by atoms with Crippen LogP contribution in [0.1, 0.15) is 40.0 Å². The van der Waals surface area contributed by atoms with E-state index in [2.05, 4.69) is 60.1 Å². The number of nitrogens with zero attached hydrogens (tertiary/aromatic N) is 2. The molecule has 2 aromatic carbocycles. The average Bonchev–Trinajstić information content (AvgIpc) is 3.22. The summed E-state index contributed by atoms with van der Waals surface area (Å²) in [6.07, 6.45) is 2.17. The van der Waals surface area contributed by atoms with Gasteiger partial charge in [-0.15, -0.1) is 0 Å². The van der Waals surface area contributed by atoms with Gasteiger partial charge in [0.15, 0.2) is 5.78 Å². The van der Waals surface area contributed by atoms with Crippen LogP contribution in [0, 0.1) is 16.7 Å². The van der Waals surface area contributed by atoms with Crippen molar-refractivity contribution in [2.45, 2.75) is 46.6 Å². The van der Waals surface area contributed by atoms with Gasteiger partial charge in [0.2, 0.25) is 5.91 Å². The highest BCUT2D eigenvalue weighted by molar-refractivity contribution is 6.45. The first-order valence-electron chi connectivity index (χ1n) is 10.7. The van der Waals surface area contributed by atoms with Gasteiger partial charge in [-0.3, -0.25) is 9.59 Å². The Bertz CT molecular complexity index is 1170. The first-order chi connectivity index (χ1) is 14.3. The van der Waals surface area contributed by atoms with Crippen molar-refractivity contribution in [2.24, 2.45) is 21.8 Å². The molecule has 5 rings (SSSR count). The summed E-state index contributed by atoms with van der Waals surface area (Å²) >= 11 is 0. The zero-order valence-corrected chi connectivity index (χ0v) is 17.7. The normalized spacial score (nSPS) is 26.2. The lowest BCUT2D eigenvalue weighted by atomic mass is 9.70. The average molecular weight is 402 g/mol. The summed E-state index contributed by atoms with van der Waals surface area (Å²) in [4.78, 5) is 25.4. The number of aryl methyl sites for hydroxylation is 1. The van der Waals surface area contributed by atoms with Crippen LogP contribution in [0.3, 0.4) is 0 Å². The third-order valence-electron chi connectivity index (χ3n) is 7.83.